The molecular formula is C16H25FN2O2. The molecule has 0 heterocycles. The molecule has 0 aliphatic rings. The maximum absolute atomic E-state index is 13.0. The van der Waals surface area contributed by atoms with E-state index >= 15 is 0 Å². The van der Waals surface area contributed by atoms with Gasteiger partial charge in [-0.2, -0.15) is 0 Å². The van der Waals surface area contributed by atoms with Gasteiger partial charge in [-0.1, -0.05) is 19.4 Å². The summed E-state index contributed by atoms with van der Waals surface area (Å²) in [6.07, 6.45) is 2.24. The smallest absolute Gasteiger partial charge is 0.315 e. The van der Waals surface area contributed by atoms with Gasteiger partial charge >= 0.3 is 6.03 Å². The Morgan fingerprint density at radius 1 is 1.43 bits per heavy atom. The van der Waals surface area contributed by atoms with Gasteiger partial charge in [-0.15, -0.1) is 0 Å². The van der Waals surface area contributed by atoms with Crippen LogP contribution in [0.2, 0.25) is 0 Å². The monoisotopic (exact) mass is 296 g/mol. The van der Waals surface area contributed by atoms with Crippen LogP contribution in [-0.4, -0.2) is 29.8 Å². The molecule has 1 unspecified atom stereocenters. The summed E-state index contributed by atoms with van der Waals surface area (Å²) in [5, 5.41) is 14.9. The molecule has 0 aromatic heterocycles. The number of carbonyl (C=O) groups is 1. The largest absolute Gasteiger partial charge is 0.394 e. The molecular weight excluding hydrogens is 271 g/mol. The Labute approximate surface area is 125 Å². The van der Waals surface area contributed by atoms with Crippen LogP contribution in [-0.2, 0) is 6.42 Å². The summed E-state index contributed by atoms with van der Waals surface area (Å²) >= 11 is 0. The lowest BCUT2D eigenvalue weighted by molar-refractivity contribution is 0.163. The quantitative estimate of drug-likeness (QED) is 0.724. The van der Waals surface area contributed by atoms with Crippen molar-refractivity contribution in [1.82, 2.24) is 10.6 Å². The number of aliphatic hydroxyl groups excluding tert-OH is 1. The number of halogens is 1. The summed E-state index contributed by atoms with van der Waals surface area (Å²) < 4.78 is 13.0. The molecule has 0 spiro atoms. The third kappa shape index (κ3) is 5.71. The molecule has 0 aliphatic carbocycles. The first kappa shape index (κ1) is 17.4. The van der Waals surface area contributed by atoms with Gasteiger partial charge in [0.25, 0.3) is 0 Å². The van der Waals surface area contributed by atoms with E-state index in [0.717, 1.165) is 17.5 Å². The summed E-state index contributed by atoms with van der Waals surface area (Å²) in [6.45, 7) is 6.05. The maximum Gasteiger partial charge on any atom is 0.315 e. The number of hydrogen-bond acceptors (Lipinski definition) is 2. The average Bonchev–Trinajstić information content (AvgIpc) is 2.41. The van der Waals surface area contributed by atoms with E-state index in [0.29, 0.717) is 19.4 Å². The third-order valence-electron chi connectivity index (χ3n) is 3.55. The van der Waals surface area contributed by atoms with Crippen molar-refractivity contribution in [2.45, 2.75) is 45.6 Å². The van der Waals surface area contributed by atoms with Crippen LogP contribution in [0.1, 0.15) is 37.8 Å². The molecule has 21 heavy (non-hydrogen) atoms. The molecule has 0 aliphatic heterocycles. The van der Waals surface area contributed by atoms with Crippen LogP contribution in [0.15, 0.2) is 18.2 Å². The van der Waals surface area contributed by atoms with Gasteiger partial charge in [0.15, 0.2) is 0 Å². The third-order valence-corrected chi connectivity index (χ3v) is 3.55. The van der Waals surface area contributed by atoms with Crippen molar-refractivity contribution >= 4 is 6.03 Å². The highest BCUT2D eigenvalue weighted by Crippen LogP contribution is 2.11. The van der Waals surface area contributed by atoms with Crippen molar-refractivity contribution in [1.29, 1.82) is 0 Å². The van der Waals surface area contributed by atoms with E-state index in [2.05, 4.69) is 10.6 Å². The number of aliphatic hydroxyl groups is 1. The maximum atomic E-state index is 13.0. The Kier molecular flexibility index (Phi) is 6.62. The van der Waals surface area contributed by atoms with Crippen molar-refractivity contribution in [2.75, 3.05) is 13.2 Å². The number of carbonyl (C=O) groups excluding carboxylic acids is 1. The number of benzene rings is 1. The van der Waals surface area contributed by atoms with Crippen molar-refractivity contribution in [3.8, 4) is 0 Å². The fourth-order valence-corrected chi connectivity index (χ4v) is 2.30. The summed E-state index contributed by atoms with van der Waals surface area (Å²) in [5.74, 6) is -0.250. The van der Waals surface area contributed by atoms with Crippen LogP contribution in [0.5, 0.6) is 0 Å². The van der Waals surface area contributed by atoms with E-state index in [1.807, 2.05) is 20.8 Å². The Bertz CT molecular complexity index is 479. The molecule has 5 heteroatoms. The molecule has 1 aromatic carbocycles. The normalized spacial score (nSPS) is 13.6. The summed E-state index contributed by atoms with van der Waals surface area (Å²) in [7, 11) is 0. The zero-order valence-electron chi connectivity index (χ0n) is 13.0. The van der Waals surface area contributed by atoms with Gasteiger partial charge in [-0.05, 0) is 49.9 Å². The lowest BCUT2D eigenvalue weighted by atomic mass is 9.98. The van der Waals surface area contributed by atoms with Crippen LogP contribution in [0.4, 0.5) is 9.18 Å². The molecule has 3 N–H and O–H groups in total. The van der Waals surface area contributed by atoms with Gasteiger partial charge in [0.05, 0.1) is 12.1 Å². The number of aryl methyl sites for hydroxylation is 1. The zero-order chi connectivity index (χ0) is 15.9. The highest BCUT2D eigenvalue weighted by atomic mass is 19.1. The molecule has 0 saturated heterocycles. The molecule has 1 aromatic rings. The molecule has 118 valence electrons. The van der Waals surface area contributed by atoms with Gasteiger partial charge in [-0.25, -0.2) is 9.18 Å². The SMILES string of the molecule is CCCC(C)(CO)NC(=O)NCCc1ccc(F)cc1C. The summed E-state index contributed by atoms with van der Waals surface area (Å²) in [4.78, 5) is 11.8. The van der Waals surface area contributed by atoms with Crippen LogP contribution in [0.3, 0.4) is 0 Å². The van der Waals surface area contributed by atoms with Gasteiger partial charge in [0.1, 0.15) is 5.82 Å². The molecule has 0 fully saturated rings. The first-order valence-electron chi connectivity index (χ1n) is 7.32. The fourth-order valence-electron chi connectivity index (χ4n) is 2.30. The molecule has 0 radical (unpaired) electrons. The van der Waals surface area contributed by atoms with Gasteiger partial charge in [-0.3, -0.25) is 0 Å². The summed E-state index contributed by atoms with van der Waals surface area (Å²) in [5.41, 5.74) is 1.29. The predicted octanol–water partition coefficient (Wildman–Crippen LogP) is 2.53. The minimum absolute atomic E-state index is 0.0919. The van der Waals surface area contributed by atoms with Gasteiger partial charge < -0.3 is 15.7 Å². The van der Waals surface area contributed by atoms with Gasteiger partial charge in [0.2, 0.25) is 0 Å². The van der Waals surface area contributed by atoms with E-state index in [9.17, 15) is 14.3 Å². The highest BCUT2D eigenvalue weighted by Gasteiger charge is 2.24. The highest BCUT2D eigenvalue weighted by molar-refractivity contribution is 5.74. The lowest BCUT2D eigenvalue weighted by Crippen LogP contribution is -2.52. The number of hydrogen-bond donors (Lipinski definition) is 3. The fraction of sp³-hybridized carbons (Fsp3) is 0.562. The average molecular weight is 296 g/mol. The standard InChI is InChI=1S/C16H25FN2O2/c1-4-8-16(3,11-20)19-15(21)18-9-7-13-5-6-14(17)10-12(13)2/h5-6,10,20H,4,7-9,11H2,1-3H3,(H2,18,19,21). The molecule has 4 nitrogen and oxygen atoms in total. The van der Waals surface area contributed by atoms with E-state index in [1.54, 1.807) is 6.07 Å². The first-order chi connectivity index (χ1) is 9.90. The molecule has 0 bridgehead atoms. The topological polar surface area (TPSA) is 61.4 Å². The molecule has 2 amide bonds. The van der Waals surface area contributed by atoms with Crippen LogP contribution in [0, 0.1) is 12.7 Å². The van der Waals surface area contributed by atoms with Crippen LogP contribution < -0.4 is 10.6 Å². The zero-order valence-corrected chi connectivity index (χ0v) is 13.0. The van der Waals surface area contributed by atoms with Crippen molar-refractivity contribution < 1.29 is 14.3 Å². The second-order valence-corrected chi connectivity index (χ2v) is 5.67. The van der Waals surface area contributed by atoms with Crippen molar-refractivity contribution in [3.63, 3.8) is 0 Å². The number of rotatable bonds is 7. The summed E-state index contributed by atoms with van der Waals surface area (Å²) in [6, 6.07) is 4.35. The van der Waals surface area contributed by atoms with E-state index < -0.39 is 5.54 Å². The number of amides is 2. The van der Waals surface area contributed by atoms with Crippen molar-refractivity contribution in [3.05, 3.63) is 35.1 Å². The van der Waals surface area contributed by atoms with E-state index in [-0.39, 0.29) is 18.5 Å². The van der Waals surface area contributed by atoms with E-state index in [1.165, 1.54) is 12.1 Å². The minimum Gasteiger partial charge on any atom is -0.394 e. The molecule has 1 atom stereocenters. The second-order valence-electron chi connectivity index (χ2n) is 5.67. The van der Waals surface area contributed by atoms with Gasteiger partial charge in [0, 0.05) is 6.54 Å². The second kappa shape index (κ2) is 7.98. The van der Waals surface area contributed by atoms with Crippen LogP contribution >= 0.6 is 0 Å². The molecule has 1 rings (SSSR count). The van der Waals surface area contributed by atoms with Crippen LogP contribution in [0.25, 0.3) is 0 Å². The Balaban J connectivity index is 2.43. The minimum atomic E-state index is -0.593. The predicted molar refractivity (Wildman–Crippen MR) is 81.8 cm³/mol. The first-order valence-corrected chi connectivity index (χ1v) is 7.32. The number of nitrogens with one attached hydrogen (secondary N) is 2. The van der Waals surface area contributed by atoms with E-state index in [4.69, 9.17) is 0 Å². The Hall–Kier alpha value is -1.62. The number of urea groups is 1. The Morgan fingerprint density at radius 3 is 2.71 bits per heavy atom. The van der Waals surface area contributed by atoms with Crippen molar-refractivity contribution in [2.24, 2.45) is 0 Å². The lowest BCUT2D eigenvalue weighted by Gasteiger charge is -2.28. The molecule has 0 saturated carbocycles. The Morgan fingerprint density at radius 2 is 2.14 bits per heavy atom.